The molecular weight excluding hydrogens is 156 g/mol. The van der Waals surface area contributed by atoms with Crippen molar-refractivity contribution in [2.75, 3.05) is 0 Å². The molecule has 0 unspecified atom stereocenters. The fourth-order valence-corrected chi connectivity index (χ4v) is 0.871. The number of hydrogen-bond donors (Lipinski definition) is 0. The highest BCUT2D eigenvalue weighted by Crippen LogP contribution is 1.84. The van der Waals surface area contributed by atoms with Gasteiger partial charge in [-0.15, -0.1) is 6.42 Å². The first-order valence-corrected chi connectivity index (χ1v) is 3.31. The van der Waals surface area contributed by atoms with Crippen LogP contribution in [0.4, 0.5) is 0 Å². The molecule has 0 radical (unpaired) electrons. The average Bonchev–Trinajstić information content (AvgIpc) is 2.08. The number of rotatable bonds is 0. The van der Waals surface area contributed by atoms with Crippen molar-refractivity contribution >= 4 is 0 Å². The molecule has 4 nitrogen and oxygen atoms in total. The third-order valence-electron chi connectivity index (χ3n) is 1.67. The van der Waals surface area contributed by atoms with Crippen LogP contribution in [0.1, 0.15) is 5.69 Å². The van der Waals surface area contributed by atoms with Crippen molar-refractivity contribution in [3.8, 4) is 12.3 Å². The van der Waals surface area contributed by atoms with Gasteiger partial charge in [-0.3, -0.25) is 13.9 Å². The number of aromatic nitrogens is 2. The lowest BCUT2D eigenvalue weighted by Crippen LogP contribution is -2.37. The molecule has 12 heavy (non-hydrogen) atoms. The molecule has 0 spiro atoms. The maximum absolute atomic E-state index is 11.2. The van der Waals surface area contributed by atoms with Crippen molar-refractivity contribution in [2.24, 2.45) is 14.1 Å². The molecule has 0 fully saturated rings. The van der Waals surface area contributed by atoms with E-state index in [1.54, 1.807) is 0 Å². The Morgan fingerprint density at radius 1 is 1.33 bits per heavy atom. The summed E-state index contributed by atoms with van der Waals surface area (Å²) in [7, 11) is 2.93. The minimum Gasteiger partial charge on any atom is -0.289 e. The Morgan fingerprint density at radius 2 is 1.92 bits per heavy atom. The monoisotopic (exact) mass is 164 g/mol. The standard InChI is InChI=1S/C8H8N2O2/c1-4-6-5-7(11)10(3)8(12)9(6)2/h1,5H,2-3H3. The maximum Gasteiger partial charge on any atom is 0.331 e. The number of nitrogens with zero attached hydrogens (tertiary/aromatic N) is 2. The molecule has 0 aliphatic carbocycles. The SMILES string of the molecule is C#Cc1cc(=O)n(C)c(=O)n1C. The van der Waals surface area contributed by atoms with E-state index < -0.39 is 5.69 Å². The van der Waals surface area contributed by atoms with Gasteiger partial charge in [-0.25, -0.2) is 4.79 Å². The Bertz CT molecular complexity index is 459. The van der Waals surface area contributed by atoms with Gasteiger partial charge in [-0.1, -0.05) is 5.92 Å². The lowest BCUT2D eigenvalue weighted by Gasteiger charge is -2.02. The molecule has 0 aliphatic heterocycles. The maximum atomic E-state index is 11.2. The largest absolute Gasteiger partial charge is 0.331 e. The van der Waals surface area contributed by atoms with Crippen molar-refractivity contribution in [3.63, 3.8) is 0 Å². The van der Waals surface area contributed by atoms with Crippen LogP contribution in [0.15, 0.2) is 15.7 Å². The highest BCUT2D eigenvalue weighted by molar-refractivity contribution is 5.23. The second-order valence-corrected chi connectivity index (χ2v) is 2.41. The summed E-state index contributed by atoms with van der Waals surface area (Å²) in [6, 6.07) is 1.25. The van der Waals surface area contributed by atoms with Crippen molar-refractivity contribution in [3.05, 3.63) is 32.6 Å². The van der Waals surface area contributed by atoms with Crippen LogP contribution < -0.4 is 11.2 Å². The summed E-state index contributed by atoms with van der Waals surface area (Å²) in [5, 5.41) is 0. The fraction of sp³-hybridized carbons (Fsp3) is 0.250. The average molecular weight is 164 g/mol. The third kappa shape index (κ3) is 1.05. The predicted octanol–water partition coefficient (Wildman–Crippen LogP) is -0.935. The topological polar surface area (TPSA) is 44.0 Å². The summed E-state index contributed by atoms with van der Waals surface area (Å²) < 4.78 is 2.25. The smallest absolute Gasteiger partial charge is 0.289 e. The highest BCUT2D eigenvalue weighted by Gasteiger charge is 2.01. The first kappa shape index (κ1) is 8.34. The van der Waals surface area contributed by atoms with E-state index in [-0.39, 0.29) is 5.56 Å². The lowest BCUT2D eigenvalue weighted by molar-refractivity contribution is 0.679. The molecule has 0 aliphatic rings. The van der Waals surface area contributed by atoms with Crippen LogP contribution in [0.25, 0.3) is 0 Å². The summed E-state index contributed by atoms with van der Waals surface area (Å²) in [6.07, 6.45) is 5.08. The van der Waals surface area contributed by atoms with Crippen molar-refractivity contribution in [1.82, 2.24) is 9.13 Å². The van der Waals surface area contributed by atoms with Crippen LogP contribution >= 0.6 is 0 Å². The zero-order valence-electron chi connectivity index (χ0n) is 6.87. The van der Waals surface area contributed by atoms with E-state index in [9.17, 15) is 9.59 Å². The molecule has 0 saturated heterocycles. The summed E-state index contributed by atoms with van der Waals surface area (Å²) in [4.78, 5) is 22.2. The van der Waals surface area contributed by atoms with Crippen LogP contribution in [0.3, 0.4) is 0 Å². The summed E-state index contributed by atoms with van der Waals surface area (Å²) >= 11 is 0. The predicted molar refractivity (Wildman–Crippen MR) is 44.9 cm³/mol. The Morgan fingerprint density at radius 3 is 2.42 bits per heavy atom. The van der Waals surface area contributed by atoms with Gasteiger partial charge in [0.2, 0.25) is 0 Å². The molecule has 0 N–H and O–H groups in total. The van der Waals surface area contributed by atoms with E-state index in [1.165, 1.54) is 24.7 Å². The van der Waals surface area contributed by atoms with Crippen LogP contribution in [-0.2, 0) is 14.1 Å². The Hall–Kier alpha value is -1.76. The van der Waals surface area contributed by atoms with E-state index in [4.69, 9.17) is 6.42 Å². The molecule has 0 atom stereocenters. The Balaban J connectivity index is 3.77. The molecule has 1 aromatic heterocycles. The molecular formula is C8H8N2O2. The summed E-state index contributed by atoms with van der Waals surface area (Å²) in [5.41, 5.74) is -0.496. The number of hydrogen-bond acceptors (Lipinski definition) is 2. The van der Waals surface area contributed by atoms with Crippen LogP contribution in [-0.4, -0.2) is 9.13 Å². The molecule has 1 heterocycles. The van der Waals surface area contributed by atoms with Crippen LogP contribution in [0.2, 0.25) is 0 Å². The molecule has 62 valence electrons. The fourth-order valence-electron chi connectivity index (χ4n) is 0.871. The molecule has 4 heteroatoms. The number of terminal acetylenes is 1. The van der Waals surface area contributed by atoms with Crippen molar-refractivity contribution in [2.45, 2.75) is 0 Å². The minimum absolute atomic E-state index is 0.295. The van der Waals surface area contributed by atoms with Gasteiger partial charge in [0, 0.05) is 20.2 Å². The Kier molecular flexibility index (Phi) is 1.88. The van der Waals surface area contributed by atoms with Gasteiger partial charge < -0.3 is 0 Å². The zero-order chi connectivity index (χ0) is 9.30. The molecule has 0 amide bonds. The van der Waals surface area contributed by atoms with Gasteiger partial charge in [-0.2, -0.15) is 0 Å². The van der Waals surface area contributed by atoms with Crippen LogP contribution in [0, 0.1) is 12.3 Å². The van der Waals surface area contributed by atoms with Crippen molar-refractivity contribution in [1.29, 1.82) is 0 Å². The van der Waals surface area contributed by atoms with E-state index in [1.807, 2.05) is 0 Å². The van der Waals surface area contributed by atoms with E-state index in [2.05, 4.69) is 5.92 Å². The zero-order valence-corrected chi connectivity index (χ0v) is 6.87. The molecule has 0 saturated carbocycles. The highest BCUT2D eigenvalue weighted by atomic mass is 16.2. The molecule has 0 aromatic carbocycles. The van der Waals surface area contributed by atoms with Gasteiger partial charge in [0.1, 0.15) is 5.69 Å². The van der Waals surface area contributed by atoms with Gasteiger partial charge in [-0.05, 0) is 0 Å². The van der Waals surface area contributed by atoms with Crippen molar-refractivity contribution < 1.29 is 0 Å². The van der Waals surface area contributed by atoms with Gasteiger partial charge in [0.05, 0.1) is 0 Å². The van der Waals surface area contributed by atoms with E-state index in [0.717, 1.165) is 4.57 Å². The molecule has 1 aromatic rings. The Labute approximate surface area is 69.1 Å². The second-order valence-electron chi connectivity index (χ2n) is 2.41. The second kappa shape index (κ2) is 2.70. The lowest BCUT2D eigenvalue weighted by atomic mass is 10.4. The normalized spacial score (nSPS) is 9.42. The molecule has 1 rings (SSSR count). The van der Waals surface area contributed by atoms with Gasteiger partial charge >= 0.3 is 5.69 Å². The minimum atomic E-state index is -0.407. The van der Waals surface area contributed by atoms with Gasteiger partial charge in [0.15, 0.2) is 0 Å². The summed E-state index contributed by atoms with van der Waals surface area (Å²) in [6.45, 7) is 0. The van der Waals surface area contributed by atoms with E-state index >= 15 is 0 Å². The van der Waals surface area contributed by atoms with Gasteiger partial charge in [0.25, 0.3) is 5.56 Å². The quantitative estimate of drug-likeness (QED) is 0.465. The summed E-state index contributed by atoms with van der Waals surface area (Å²) in [5.74, 6) is 2.25. The first-order chi connectivity index (χ1) is 5.57. The van der Waals surface area contributed by atoms with E-state index in [0.29, 0.717) is 5.69 Å². The first-order valence-electron chi connectivity index (χ1n) is 3.31. The van der Waals surface area contributed by atoms with Crippen LogP contribution in [0.5, 0.6) is 0 Å². The molecule has 0 bridgehead atoms. The third-order valence-corrected chi connectivity index (χ3v) is 1.67.